The average molecular weight is 293 g/mol. The maximum Gasteiger partial charge on any atom is 0.407 e. The summed E-state index contributed by atoms with van der Waals surface area (Å²) in [5, 5.41) is 12.2. The number of amides is 1. The molecular formula is C15H23N3O3. The van der Waals surface area contributed by atoms with Crippen LogP contribution in [0.15, 0.2) is 18.3 Å². The van der Waals surface area contributed by atoms with Crippen molar-refractivity contribution >= 4 is 11.9 Å². The molecule has 1 aromatic rings. The first-order valence-corrected chi connectivity index (χ1v) is 7.23. The van der Waals surface area contributed by atoms with Gasteiger partial charge in [-0.3, -0.25) is 0 Å². The van der Waals surface area contributed by atoms with Gasteiger partial charge in [-0.2, -0.15) is 0 Å². The molecule has 1 aromatic heterocycles. The molecule has 1 fully saturated rings. The van der Waals surface area contributed by atoms with Crippen molar-refractivity contribution in [3.63, 3.8) is 0 Å². The van der Waals surface area contributed by atoms with Crippen LogP contribution in [0.5, 0.6) is 5.75 Å². The fourth-order valence-electron chi connectivity index (χ4n) is 2.34. The number of carbonyl (C=O) groups excluding carboxylic acids is 1. The minimum atomic E-state index is -0.489. The van der Waals surface area contributed by atoms with Crippen molar-refractivity contribution < 1.29 is 14.6 Å². The molecule has 116 valence electrons. The first-order valence-electron chi connectivity index (χ1n) is 7.23. The molecule has 0 spiro atoms. The van der Waals surface area contributed by atoms with Gasteiger partial charge in [-0.15, -0.1) is 0 Å². The topological polar surface area (TPSA) is 74.7 Å². The Balaban J connectivity index is 1.91. The van der Waals surface area contributed by atoms with Crippen LogP contribution in [0.25, 0.3) is 0 Å². The Morgan fingerprint density at radius 1 is 1.48 bits per heavy atom. The average Bonchev–Trinajstić information content (AvgIpc) is 2.37. The van der Waals surface area contributed by atoms with E-state index in [9.17, 15) is 9.90 Å². The van der Waals surface area contributed by atoms with Crippen LogP contribution in [0.3, 0.4) is 0 Å². The van der Waals surface area contributed by atoms with Crippen molar-refractivity contribution in [2.75, 3.05) is 18.0 Å². The number of anilines is 1. The van der Waals surface area contributed by atoms with Gasteiger partial charge in [0, 0.05) is 19.1 Å². The van der Waals surface area contributed by atoms with Gasteiger partial charge in [0.2, 0.25) is 0 Å². The Labute approximate surface area is 125 Å². The Morgan fingerprint density at radius 3 is 2.86 bits per heavy atom. The smallest absolute Gasteiger partial charge is 0.407 e. The third kappa shape index (κ3) is 4.81. The second-order valence-electron chi connectivity index (χ2n) is 6.31. The molecule has 0 radical (unpaired) electrons. The molecule has 6 heteroatoms. The number of rotatable bonds is 2. The normalized spacial score (nSPS) is 19.2. The van der Waals surface area contributed by atoms with Crippen LogP contribution in [-0.2, 0) is 4.74 Å². The molecule has 2 N–H and O–H groups in total. The van der Waals surface area contributed by atoms with Crippen LogP contribution in [0.2, 0.25) is 0 Å². The largest absolute Gasteiger partial charge is 0.506 e. The second-order valence-corrected chi connectivity index (χ2v) is 6.31. The summed E-state index contributed by atoms with van der Waals surface area (Å²) in [7, 11) is 0. The van der Waals surface area contributed by atoms with E-state index in [-0.39, 0.29) is 17.9 Å². The van der Waals surface area contributed by atoms with Gasteiger partial charge in [0.25, 0.3) is 0 Å². The fourth-order valence-corrected chi connectivity index (χ4v) is 2.34. The number of aromatic nitrogens is 1. The van der Waals surface area contributed by atoms with Crippen LogP contribution in [0.4, 0.5) is 10.6 Å². The Hall–Kier alpha value is -1.98. The molecule has 1 aliphatic rings. The summed E-state index contributed by atoms with van der Waals surface area (Å²) in [6.07, 6.45) is 2.95. The zero-order valence-corrected chi connectivity index (χ0v) is 12.8. The molecule has 6 nitrogen and oxygen atoms in total. The molecule has 0 aromatic carbocycles. The van der Waals surface area contributed by atoms with Gasteiger partial charge in [-0.25, -0.2) is 9.78 Å². The van der Waals surface area contributed by atoms with E-state index in [0.717, 1.165) is 25.2 Å². The predicted octanol–water partition coefficient (Wildman–Crippen LogP) is 2.28. The van der Waals surface area contributed by atoms with Crippen LogP contribution < -0.4 is 10.2 Å². The molecule has 1 saturated heterocycles. The summed E-state index contributed by atoms with van der Waals surface area (Å²) in [5.74, 6) is 0.961. The van der Waals surface area contributed by atoms with Gasteiger partial charge in [-0.05, 0) is 45.7 Å². The summed E-state index contributed by atoms with van der Waals surface area (Å²) in [6.45, 7) is 7.13. The highest BCUT2D eigenvalue weighted by Gasteiger charge is 2.24. The molecule has 1 amide bonds. The van der Waals surface area contributed by atoms with Crippen molar-refractivity contribution in [1.29, 1.82) is 0 Å². The molecule has 2 heterocycles. The highest BCUT2D eigenvalue weighted by molar-refractivity contribution is 5.68. The summed E-state index contributed by atoms with van der Waals surface area (Å²) >= 11 is 0. The van der Waals surface area contributed by atoms with Crippen LogP contribution in [0.1, 0.15) is 33.6 Å². The lowest BCUT2D eigenvalue weighted by Crippen LogP contribution is -2.49. The molecule has 1 atom stereocenters. The first kappa shape index (κ1) is 15.4. The van der Waals surface area contributed by atoms with E-state index in [4.69, 9.17) is 4.74 Å². The van der Waals surface area contributed by atoms with E-state index in [1.807, 2.05) is 20.8 Å². The number of hydrogen-bond donors (Lipinski definition) is 2. The second kappa shape index (κ2) is 6.20. The minimum absolute atomic E-state index is 0.0456. The maximum absolute atomic E-state index is 11.8. The Morgan fingerprint density at radius 2 is 2.24 bits per heavy atom. The van der Waals surface area contributed by atoms with E-state index in [1.54, 1.807) is 12.1 Å². The monoisotopic (exact) mass is 293 g/mol. The summed E-state index contributed by atoms with van der Waals surface area (Å²) in [5.41, 5.74) is -0.489. The molecule has 0 bridgehead atoms. The number of ether oxygens (including phenoxy) is 1. The number of pyridine rings is 1. The highest BCUT2D eigenvalue weighted by Crippen LogP contribution is 2.20. The predicted molar refractivity (Wildman–Crippen MR) is 80.5 cm³/mol. The molecule has 0 saturated carbocycles. The summed E-state index contributed by atoms with van der Waals surface area (Å²) in [4.78, 5) is 18.1. The number of alkyl carbamates (subject to hydrolysis) is 1. The molecule has 2 rings (SSSR count). The van der Waals surface area contributed by atoms with Crippen LogP contribution in [0, 0.1) is 0 Å². The van der Waals surface area contributed by atoms with Gasteiger partial charge < -0.3 is 20.1 Å². The number of piperidine rings is 1. The third-order valence-electron chi connectivity index (χ3n) is 3.20. The Bertz CT molecular complexity index is 482. The minimum Gasteiger partial charge on any atom is -0.506 e. The zero-order valence-electron chi connectivity index (χ0n) is 12.8. The Kier molecular flexibility index (Phi) is 4.55. The SMILES string of the molecule is CC(C)(C)OC(=O)NC1CCCN(c2ccc(O)cn2)C1. The lowest BCUT2D eigenvalue weighted by Gasteiger charge is -2.34. The standard InChI is InChI=1S/C15H23N3O3/c1-15(2,3)21-14(20)17-11-5-4-8-18(10-11)13-7-6-12(19)9-16-13/h6-7,9,11,19H,4-5,8,10H2,1-3H3,(H,17,20). The lowest BCUT2D eigenvalue weighted by molar-refractivity contribution is 0.0500. The van der Waals surface area contributed by atoms with Crippen LogP contribution in [-0.4, -0.2) is 40.9 Å². The van der Waals surface area contributed by atoms with Gasteiger partial charge in [-0.1, -0.05) is 0 Å². The number of aromatic hydroxyl groups is 1. The number of carbonyl (C=O) groups is 1. The summed E-state index contributed by atoms with van der Waals surface area (Å²) < 4.78 is 5.28. The molecule has 1 unspecified atom stereocenters. The van der Waals surface area contributed by atoms with Gasteiger partial charge in [0.15, 0.2) is 0 Å². The molecule has 21 heavy (non-hydrogen) atoms. The number of hydrogen-bond acceptors (Lipinski definition) is 5. The van der Waals surface area contributed by atoms with Crippen molar-refractivity contribution in [1.82, 2.24) is 10.3 Å². The van der Waals surface area contributed by atoms with Crippen LogP contribution >= 0.6 is 0 Å². The van der Waals surface area contributed by atoms with E-state index < -0.39 is 5.60 Å². The van der Waals surface area contributed by atoms with E-state index in [2.05, 4.69) is 15.2 Å². The van der Waals surface area contributed by atoms with E-state index >= 15 is 0 Å². The van der Waals surface area contributed by atoms with Crippen molar-refractivity contribution in [3.05, 3.63) is 18.3 Å². The van der Waals surface area contributed by atoms with Gasteiger partial charge in [0.1, 0.15) is 17.2 Å². The number of nitrogens with one attached hydrogen (secondary N) is 1. The lowest BCUT2D eigenvalue weighted by atomic mass is 10.1. The summed E-state index contributed by atoms with van der Waals surface area (Å²) in [6, 6.07) is 3.45. The first-order chi connectivity index (χ1) is 9.83. The highest BCUT2D eigenvalue weighted by atomic mass is 16.6. The van der Waals surface area contributed by atoms with Gasteiger partial charge in [0.05, 0.1) is 6.20 Å². The van der Waals surface area contributed by atoms with Crippen molar-refractivity contribution in [2.45, 2.75) is 45.3 Å². The maximum atomic E-state index is 11.8. The fraction of sp³-hybridized carbons (Fsp3) is 0.600. The van der Waals surface area contributed by atoms with Crippen molar-refractivity contribution in [3.8, 4) is 5.75 Å². The third-order valence-corrected chi connectivity index (χ3v) is 3.20. The van der Waals surface area contributed by atoms with E-state index in [0.29, 0.717) is 6.54 Å². The van der Waals surface area contributed by atoms with E-state index in [1.165, 1.54) is 6.20 Å². The quantitative estimate of drug-likeness (QED) is 0.875. The van der Waals surface area contributed by atoms with Gasteiger partial charge >= 0.3 is 6.09 Å². The molecule has 0 aliphatic carbocycles. The number of nitrogens with zero attached hydrogens (tertiary/aromatic N) is 2. The molecular weight excluding hydrogens is 270 g/mol. The van der Waals surface area contributed by atoms with Crippen molar-refractivity contribution in [2.24, 2.45) is 0 Å². The zero-order chi connectivity index (χ0) is 15.5. The molecule has 1 aliphatic heterocycles.